The Labute approximate surface area is 188 Å². The number of hydrogen-bond donors (Lipinski definition) is 0. The molecular weight excluding hydrogens is 404 g/mol. The largest absolute Gasteiger partial charge is 0.344 e. The molecule has 31 heavy (non-hydrogen) atoms. The number of carbonyl (C=O) groups excluding carboxylic acids is 1. The molecule has 0 N–H and O–H groups in total. The van der Waals surface area contributed by atoms with Crippen LogP contribution in [0.2, 0.25) is 5.02 Å². The summed E-state index contributed by atoms with van der Waals surface area (Å²) in [6.07, 6.45) is 1.56. The van der Waals surface area contributed by atoms with E-state index < -0.39 is 0 Å². The van der Waals surface area contributed by atoms with Crippen LogP contribution in [-0.2, 0) is 4.79 Å². The van der Waals surface area contributed by atoms with E-state index in [4.69, 9.17) is 11.6 Å². The van der Waals surface area contributed by atoms with Crippen LogP contribution in [0.4, 0.5) is 11.4 Å². The fourth-order valence-electron chi connectivity index (χ4n) is 4.81. The Morgan fingerprint density at radius 1 is 0.871 bits per heavy atom. The second-order valence-corrected chi connectivity index (χ2v) is 8.83. The highest BCUT2D eigenvalue weighted by Gasteiger charge is 2.41. The molecule has 3 aromatic carbocycles. The predicted octanol–water partition coefficient (Wildman–Crippen LogP) is 6.60. The van der Waals surface area contributed by atoms with E-state index in [1.165, 1.54) is 16.7 Å². The SMILES string of the molecule is Cc1ccc(N2CCC3=C2CC(c2ccccc2C)N(c2ccc(Cl)cc2)C3=O)cc1. The Kier molecular flexibility index (Phi) is 5.07. The molecule has 0 radical (unpaired) electrons. The molecule has 0 saturated heterocycles. The number of halogens is 1. The lowest BCUT2D eigenvalue weighted by molar-refractivity contribution is -0.116. The Morgan fingerprint density at radius 3 is 2.26 bits per heavy atom. The molecule has 3 nitrogen and oxygen atoms in total. The molecule has 0 fully saturated rings. The third-order valence-corrected chi connectivity index (χ3v) is 6.68. The van der Waals surface area contributed by atoms with Gasteiger partial charge in [0.2, 0.25) is 0 Å². The van der Waals surface area contributed by atoms with Crippen molar-refractivity contribution in [3.05, 3.63) is 106 Å². The second kappa shape index (κ2) is 7.90. The van der Waals surface area contributed by atoms with E-state index in [0.717, 1.165) is 42.0 Å². The van der Waals surface area contributed by atoms with E-state index in [1.807, 2.05) is 29.2 Å². The van der Waals surface area contributed by atoms with Crippen molar-refractivity contribution in [2.45, 2.75) is 32.7 Å². The lowest BCUT2D eigenvalue weighted by Crippen LogP contribution is -2.41. The Bertz CT molecular complexity index is 1160. The van der Waals surface area contributed by atoms with Gasteiger partial charge in [-0.05, 0) is 67.8 Å². The highest BCUT2D eigenvalue weighted by molar-refractivity contribution is 6.30. The topological polar surface area (TPSA) is 23.6 Å². The van der Waals surface area contributed by atoms with Crippen molar-refractivity contribution in [3.63, 3.8) is 0 Å². The first-order chi connectivity index (χ1) is 15.0. The monoisotopic (exact) mass is 428 g/mol. The fourth-order valence-corrected chi connectivity index (χ4v) is 4.94. The number of hydrogen-bond acceptors (Lipinski definition) is 2. The highest BCUT2D eigenvalue weighted by atomic mass is 35.5. The quantitative estimate of drug-likeness (QED) is 0.469. The lowest BCUT2D eigenvalue weighted by Gasteiger charge is -2.39. The van der Waals surface area contributed by atoms with Crippen molar-refractivity contribution < 1.29 is 4.79 Å². The van der Waals surface area contributed by atoms with Crippen molar-refractivity contribution in [2.24, 2.45) is 0 Å². The van der Waals surface area contributed by atoms with Crippen molar-refractivity contribution in [2.75, 3.05) is 16.3 Å². The molecule has 0 aliphatic carbocycles. The van der Waals surface area contributed by atoms with Gasteiger partial charge in [-0.15, -0.1) is 0 Å². The minimum Gasteiger partial charge on any atom is -0.344 e. The van der Waals surface area contributed by atoms with E-state index in [2.05, 4.69) is 67.3 Å². The smallest absolute Gasteiger partial charge is 0.256 e. The highest BCUT2D eigenvalue weighted by Crippen LogP contribution is 2.45. The van der Waals surface area contributed by atoms with Gasteiger partial charge in [-0.25, -0.2) is 0 Å². The molecule has 2 aliphatic rings. The number of anilines is 2. The molecule has 0 aromatic heterocycles. The van der Waals surface area contributed by atoms with Crippen molar-refractivity contribution in [3.8, 4) is 0 Å². The summed E-state index contributed by atoms with van der Waals surface area (Å²) in [4.78, 5) is 18.1. The van der Waals surface area contributed by atoms with Gasteiger partial charge in [-0.3, -0.25) is 4.79 Å². The minimum absolute atomic E-state index is 0.0559. The van der Waals surface area contributed by atoms with Crippen LogP contribution in [0.15, 0.2) is 84.1 Å². The molecule has 0 spiro atoms. The molecule has 1 unspecified atom stereocenters. The lowest BCUT2D eigenvalue weighted by atomic mass is 9.90. The summed E-state index contributed by atoms with van der Waals surface area (Å²) >= 11 is 6.13. The van der Waals surface area contributed by atoms with Gasteiger partial charge in [0.05, 0.1) is 6.04 Å². The van der Waals surface area contributed by atoms with Gasteiger partial charge in [0.25, 0.3) is 5.91 Å². The average molecular weight is 429 g/mol. The minimum atomic E-state index is -0.0559. The standard InChI is InChI=1S/C27H25ClN2O/c1-18-7-11-21(12-8-18)29-16-15-24-25(29)17-26(23-6-4-3-5-19(23)2)30(27(24)31)22-13-9-20(28)10-14-22/h3-14,26H,15-17H2,1-2H3. The number of aryl methyl sites for hydroxylation is 2. The van der Waals surface area contributed by atoms with E-state index in [-0.39, 0.29) is 11.9 Å². The average Bonchev–Trinajstić information content (AvgIpc) is 3.20. The fraction of sp³-hybridized carbons (Fsp3) is 0.222. The summed E-state index contributed by atoms with van der Waals surface area (Å²) in [7, 11) is 0. The maximum atomic E-state index is 13.8. The predicted molar refractivity (Wildman–Crippen MR) is 128 cm³/mol. The van der Waals surface area contributed by atoms with Gasteiger partial charge >= 0.3 is 0 Å². The van der Waals surface area contributed by atoms with Gasteiger partial charge in [0.1, 0.15) is 0 Å². The maximum Gasteiger partial charge on any atom is 0.256 e. The van der Waals surface area contributed by atoms with Crippen LogP contribution in [0.1, 0.15) is 35.6 Å². The summed E-state index contributed by atoms with van der Waals surface area (Å²) in [5.74, 6) is 0.103. The Balaban J connectivity index is 1.61. The Hall–Kier alpha value is -3.04. The van der Waals surface area contributed by atoms with E-state index in [9.17, 15) is 4.79 Å². The van der Waals surface area contributed by atoms with Crippen LogP contribution >= 0.6 is 11.6 Å². The molecular formula is C27H25ClN2O. The number of rotatable bonds is 3. The number of benzene rings is 3. The molecule has 0 saturated carbocycles. The van der Waals surface area contributed by atoms with Crippen LogP contribution in [0.5, 0.6) is 0 Å². The Morgan fingerprint density at radius 2 is 1.55 bits per heavy atom. The first kappa shape index (κ1) is 19.9. The summed E-state index contributed by atoms with van der Waals surface area (Å²) in [5, 5.41) is 0.673. The van der Waals surface area contributed by atoms with Crippen molar-refractivity contribution in [1.82, 2.24) is 0 Å². The first-order valence-electron chi connectivity index (χ1n) is 10.7. The molecule has 3 aromatic rings. The van der Waals surface area contributed by atoms with Gasteiger partial charge < -0.3 is 9.80 Å². The number of nitrogens with zero attached hydrogens (tertiary/aromatic N) is 2. The third kappa shape index (κ3) is 3.53. The molecule has 2 heterocycles. The number of amides is 1. The summed E-state index contributed by atoms with van der Waals surface area (Å²) in [5.41, 5.74) is 7.77. The second-order valence-electron chi connectivity index (χ2n) is 8.39. The van der Waals surface area contributed by atoms with Crippen LogP contribution in [0, 0.1) is 13.8 Å². The molecule has 1 atom stereocenters. The van der Waals surface area contributed by atoms with Crippen LogP contribution in [0.3, 0.4) is 0 Å². The first-order valence-corrected chi connectivity index (χ1v) is 11.1. The van der Waals surface area contributed by atoms with Crippen LogP contribution in [-0.4, -0.2) is 12.5 Å². The molecule has 5 rings (SSSR count). The molecule has 4 heteroatoms. The maximum absolute atomic E-state index is 13.8. The van der Waals surface area contributed by atoms with Gasteiger partial charge in [0.15, 0.2) is 0 Å². The molecule has 156 valence electrons. The van der Waals surface area contributed by atoms with E-state index in [0.29, 0.717) is 5.02 Å². The van der Waals surface area contributed by atoms with Gasteiger partial charge in [0, 0.05) is 40.6 Å². The third-order valence-electron chi connectivity index (χ3n) is 6.43. The zero-order valence-corrected chi connectivity index (χ0v) is 18.6. The van der Waals surface area contributed by atoms with Gasteiger partial charge in [-0.2, -0.15) is 0 Å². The molecule has 2 aliphatic heterocycles. The summed E-state index contributed by atoms with van der Waals surface area (Å²) in [6.45, 7) is 5.06. The normalized spacial score (nSPS) is 18.5. The molecule has 0 bridgehead atoms. The summed E-state index contributed by atoms with van der Waals surface area (Å²) < 4.78 is 0. The molecule has 1 amide bonds. The van der Waals surface area contributed by atoms with Crippen molar-refractivity contribution in [1.29, 1.82) is 0 Å². The number of carbonyl (C=O) groups is 1. The van der Waals surface area contributed by atoms with E-state index >= 15 is 0 Å². The summed E-state index contributed by atoms with van der Waals surface area (Å²) in [6, 6.07) is 24.5. The van der Waals surface area contributed by atoms with Crippen LogP contribution < -0.4 is 9.80 Å². The van der Waals surface area contributed by atoms with E-state index in [1.54, 1.807) is 0 Å². The zero-order chi connectivity index (χ0) is 21.5. The van der Waals surface area contributed by atoms with Crippen LogP contribution in [0.25, 0.3) is 0 Å². The van der Waals surface area contributed by atoms with Gasteiger partial charge in [-0.1, -0.05) is 53.6 Å². The zero-order valence-electron chi connectivity index (χ0n) is 17.8. The van der Waals surface area contributed by atoms with Crippen molar-refractivity contribution >= 4 is 28.9 Å².